The lowest BCUT2D eigenvalue weighted by atomic mass is 9.93. The molecule has 94 valence electrons. The van der Waals surface area contributed by atoms with Crippen molar-refractivity contribution in [2.45, 2.75) is 32.4 Å². The van der Waals surface area contributed by atoms with E-state index in [1.54, 1.807) is 12.4 Å². The molecule has 4 heteroatoms. The maximum atomic E-state index is 6.15. The molecule has 0 aromatic carbocycles. The Kier molecular flexibility index (Phi) is 4.37. The molecule has 3 nitrogen and oxygen atoms in total. The van der Waals surface area contributed by atoms with Crippen molar-refractivity contribution in [2.24, 2.45) is 11.7 Å². The van der Waals surface area contributed by atoms with E-state index >= 15 is 0 Å². The molecule has 0 saturated carbocycles. The second-order valence-electron chi connectivity index (χ2n) is 4.92. The molecule has 17 heavy (non-hydrogen) atoms. The van der Waals surface area contributed by atoms with E-state index in [0.29, 0.717) is 12.0 Å². The number of aromatic nitrogens is 1. The van der Waals surface area contributed by atoms with Gasteiger partial charge in [-0.3, -0.25) is 9.88 Å². The second kappa shape index (κ2) is 5.80. The fraction of sp³-hybridized carbons (Fsp3) is 0.615. The Labute approximate surface area is 108 Å². The maximum Gasteiger partial charge on any atom is 0.0634 e. The summed E-state index contributed by atoms with van der Waals surface area (Å²) in [7, 11) is 0. The van der Waals surface area contributed by atoms with Crippen molar-refractivity contribution in [1.82, 2.24) is 9.88 Å². The summed E-state index contributed by atoms with van der Waals surface area (Å²) < 4.78 is 0. The van der Waals surface area contributed by atoms with Gasteiger partial charge >= 0.3 is 0 Å². The van der Waals surface area contributed by atoms with Gasteiger partial charge in [-0.1, -0.05) is 11.6 Å². The van der Waals surface area contributed by atoms with Crippen LogP contribution in [0.1, 0.15) is 25.3 Å². The molecule has 0 bridgehead atoms. The first-order valence-corrected chi connectivity index (χ1v) is 6.61. The Hall–Kier alpha value is -0.640. The van der Waals surface area contributed by atoms with Crippen LogP contribution in [0.25, 0.3) is 0 Å². The molecule has 2 rings (SSSR count). The number of nitrogens with zero attached hydrogens (tertiary/aromatic N) is 2. The molecule has 2 N–H and O–H groups in total. The predicted octanol–water partition coefficient (Wildman–Crippen LogP) is 2.29. The standard InChI is InChI=1S/C13H20ClN3/c1-10-2-3-11(6-15)8-17(10)9-12-4-5-16-7-13(12)14/h4-5,7,10-11H,2-3,6,8-9,15H2,1H3. The summed E-state index contributed by atoms with van der Waals surface area (Å²) in [4.78, 5) is 6.49. The molecule has 1 aromatic heterocycles. The molecule has 2 atom stereocenters. The van der Waals surface area contributed by atoms with Crippen LogP contribution in [0.5, 0.6) is 0 Å². The summed E-state index contributed by atoms with van der Waals surface area (Å²) in [6.07, 6.45) is 5.99. The third-order valence-corrected chi connectivity index (χ3v) is 4.01. The molecule has 0 amide bonds. The van der Waals surface area contributed by atoms with Gasteiger partial charge in [-0.25, -0.2) is 0 Å². The Morgan fingerprint density at radius 1 is 1.53 bits per heavy atom. The van der Waals surface area contributed by atoms with E-state index < -0.39 is 0 Å². The number of likely N-dealkylation sites (tertiary alicyclic amines) is 1. The summed E-state index contributed by atoms with van der Waals surface area (Å²) in [5.41, 5.74) is 6.93. The highest BCUT2D eigenvalue weighted by molar-refractivity contribution is 6.31. The number of halogens is 1. The quantitative estimate of drug-likeness (QED) is 0.899. The van der Waals surface area contributed by atoms with Crippen molar-refractivity contribution in [3.8, 4) is 0 Å². The SMILES string of the molecule is CC1CCC(CN)CN1Cc1ccncc1Cl. The highest BCUT2D eigenvalue weighted by Crippen LogP contribution is 2.24. The number of hydrogen-bond acceptors (Lipinski definition) is 3. The van der Waals surface area contributed by atoms with Crippen LogP contribution in [0.15, 0.2) is 18.5 Å². The smallest absolute Gasteiger partial charge is 0.0634 e. The topological polar surface area (TPSA) is 42.1 Å². The van der Waals surface area contributed by atoms with Gasteiger partial charge in [0.15, 0.2) is 0 Å². The molecule has 1 aliphatic rings. The van der Waals surface area contributed by atoms with E-state index in [1.807, 2.05) is 6.07 Å². The summed E-state index contributed by atoms with van der Waals surface area (Å²) in [5.74, 6) is 0.631. The lowest BCUT2D eigenvalue weighted by molar-refractivity contribution is 0.113. The number of rotatable bonds is 3. The van der Waals surface area contributed by atoms with E-state index in [2.05, 4.69) is 16.8 Å². The molecule has 2 heterocycles. The van der Waals surface area contributed by atoms with Gasteiger partial charge in [-0.05, 0) is 43.9 Å². The van der Waals surface area contributed by atoms with Gasteiger partial charge < -0.3 is 5.73 Å². The number of nitrogens with two attached hydrogens (primary N) is 1. The van der Waals surface area contributed by atoms with Crippen molar-refractivity contribution < 1.29 is 0 Å². The van der Waals surface area contributed by atoms with Crippen molar-refractivity contribution in [3.05, 3.63) is 29.0 Å². The van der Waals surface area contributed by atoms with Crippen molar-refractivity contribution >= 4 is 11.6 Å². The van der Waals surface area contributed by atoms with Crippen LogP contribution in [-0.4, -0.2) is 29.0 Å². The average Bonchev–Trinajstić information content (AvgIpc) is 2.35. The lowest BCUT2D eigenvalue weighted by Crippen LogP contribution is -2.43. The van der Waals surface area contributed by atoms with Crippen LogP contribution in [-0.2, 0) is 6.54 Å². The maximum absolute atomic E-state index is 6.15. The minimum absolute atomic E-state index is 0.613. The fourth-order valence-corrected chi connectivity index (χ4v) is 2.61. The third-order valence-electron chi connectivity index (χ3n) is 3.67. The van der Waals surface area contributed by atoms with Crippen molar-refractivity contribution in [1.29, 1.82) is 0 Å². The molecule has 1 fully saturated rings. The molecule has 0 radical (unpaired) electrons. The van der Waals surface area contributed by atoms with Gasteiger partial charge in [0.1, 0.15) is 0 Å². The normalized spacial score (nSPS) is 26.1. The number of piperidine rings is 1. The first-order valence-electron chi connectivity index (χ1n) is 6.23. The van der Waals surface area contributed by atoms with E-state index in [1.165, 1.54) is 12.8 Å². The van der Waals surface area contributed by atoms with Gasteiger partial charge in [0.2, 0.25) is 0 Å². The highest BCUT2D eigenvalue weighted by atomic mass is 35.5. The van der Waals surface area contributed by atoms with Crippen LogP contribution in [0.3, 0.4) is 0 Å². The summed E-state index contributed by atoms with van der Waals surface area (Å²) in [5, 5.41) is 0.759. The largest absolute Gasteiger partial charge is 0.330 e. The summed E-state index contributed by atoms with van der Waals surface area (Å²) in [6, 6.07) is 2.61. The van der Waals surface area contributed by atoms with Crippen LogP contribution < -0.4 is 5.73 Å². The van der Waals surface area contributed by atoms with Crippen LogP contribution in [0, 0.1) is 5.92 Å². The number of hydrogen-bond donors (Lipinski definition) is 1. The molecule has 1 aromatic rings. The minimum Gasteiger partial charge on any atom is -0.330 e. The fourth-order valence-electron chi connectivity index (χ4n) is 2.43. The molecule has 1 aliphatic heterocycles. The molecular weight excluding hydrogens is 234 g/mol. The molecule has 2 unspecified atom stereocenters. The first-order chi connectivity index (χ1) is 8.20. The van der Waals surface area contributed by atoms with Crippen LogP contribution in [0.4, 0.5) is 0 Å². The monoisotopic (exact) mass is 253 g/mol. The van der Waals surface area contributed by atoms with Crippen LogP contribution in [0.2, 0.25) is 5.02 Å². The van der Waals surface area contributed by atoms with Crippen molar-refractivity contribution in [2.75, 3.05) is 13.1 Å². The average molecular weight is 254 g/mol. The highest BCUT2D eigenvalue weighted by Gasteiger charge is 2.24. The zero-order chi connectivity index (χ0) is 12.3. The van der Waals surface area contributed by atoms with Gasteiger partial charge in [0, 0.05) is 31.5 Å². The molecule has 0 aliphatic carbocycles. The van der Waals surface area contributed by atoms with E-state index in [0.717, 1.165) is 30.2 Å². The lowest BCUT2D eigenvalue weighted by Gasteiger charge is -2.37. The molecule has 0 spiro atoms. The van der Waals surface area contributed by atoms with Gasteiger partial charge in [-0.15, -0.1) is 0 Å². The Morgan fingerprint density at radius 3 is 3.06 bits per heavy atom. The molecule has 1 saturated heterocycles. The zero-order valence-corrected chi connectivity index (χ0v) is 11.0. The van der Waals surface area contributed by atoms with Crippen molar-refractivity contribution in [3.63, 3.8) is 0 Å². The van der Waals surface area contributed by atoms with Gasteiger partial charge in [-0.2, -0.15) is 0 Å². The van der Waals surface area contributed by atoms with Gasteiger partial charge in [0.25, 0.3) is 0 Å². The summed E-state index contributed by atoms with van der Waals surface area (Å²) in [6.45, 7) is 5.05. The van der Waals surface area contributed by atoms with E-state index in [-0.39, 0.29) is 0 Å². The van der Waals surface area contributed by atoms with Crippen LogP contribution >= 0.6 is 11.6 Å². The Bertz CT molecular complexity index is 369. The zero-order valence-electron chi connectivity index (χ0n) is 10.3. The Balaban J connectivity index is 2.04. The minimum atomic E-state index is 0.613. The third kappa shape index (κ3) is 3.18. The molecular formula is C13H20ClN3. The Morgan fingerprint density at radius 2 is 2.35 bits per heavy atom. The van der Waals surface area contributed by atoms with E-state index in [9.17, 15) is 0 Å². The van der Waals surface area contributed by atoms with E-state index in [4.69, 9.17) is 17.3 Å². The summed E-state index contributed by atoms with van der Waals surface area (Å²) >= 11 is 6.15. The first kappa shape index (κ1) is 12.8. The van der Waals surface area contributed by atoms with Gasteiger partial charge in [0.05, 0.1) is 5.02 Å². The predicted molar refractivity (Wildman–Crippen MR) is 70.9 cm³/mol. The second-order valence-corrected chi connectivity index (χ2v) is 5.33. The number of pyridine rings is 1.